The van der Waals surface area contributed by atoms with Gasteiger partial charge >= 0.3 is 51.4 Å². The molecule has 0 unspecified atom stereocenters. The summed E-state index contributed by atoms with van der Waals surface area (Å²) in [4.78, 5) is 10.6. The van der Waals surface area contributed by atoms with Crippen LogP contribution in [0.5, 0.6) is 5.75 Å². The molecule has 0 bridgehead atoms. The molecule has 0 aliphatic carbocycles. The zero-order valence-corrected chi connectivity index (χ0v) is 19.2. The van der Waals surface area contributed by atoms with Crippen molar-refractivity contribution in [1.82, 2.24) is 0 Å². The Morgan fingerprint density at radius 3 is 2.61 bits per heavy atom. The molecule has 10 heteroatoms. The number of ether oxygens (including phenoxy) is 1. The van der Waals surface area contributed by atoms with E-state index in [1.807, 2.05) is 12.1 Å². The molecule has 0 atom stereocenters. The maximum Gasteiger partial charge on any atom is 1.00 e. The molecule has 0 fully saturated rings. The Bertz CT molecular complexity index is 775. The molecule has 2 rings (SSSR count). The van der Waals surface area contributed by atoms with Crippen molar-refractivity contribution >= 4 is 22.7 Å². The Kier molecular flexibility index (Phi) is 11.4. The minimum atomic E-state index is -0.458. The minimum absolute atomic E-state index is 0. The number of nitro groups is 1. The summed E-state index contributed by atoms with van der Waals surface area (Å²) in [7, 11) is 0. The minimum Gasteiger partial charge on any atom is -0.661 e. The van der Waals surface area contributed by atoms with Crippen LogP contribution < -0.4 is 78.6 Å². The second-order valence-electron chi connectivity index (χ2n) is 5.90. The average Bonchev–Trinajstić information content (AvgIpc) is 2.64. The fourth-order valence-electron chi connectivity index (χ4n) is 2.45. The molecular weight excluding hydrogens is 387 g/mol. The average molecular weight is 413 g/mol. The zero-order valence-electron chi connectivity index (χ0n) is 16.1. The summed E-state index contributed by atoms with van der Waals surface area (Å²) >= 11 is 0. The first-order valence-corrected chi connectivity index (χ1v) is 8.63. The number of nitrogens with zero attached hydrogens (tertiary/aromatic N) is 2. The normalized spacial score (nSPS) is 10.2. The predicted octanol–water partition coefficient (Wildman–Crippen LogP) is -0.523. The monoisotopic (exact) mass is 412 g/mol. The number of nitro benzene ring substituents is 1. The SMILES string of the molecule is NCc1ccc(OCCC[N-]CCNc2ccc(N)cc2[N+](=O)[O-])cc1N.[K+]. The number of anilines is 3. The first-order chi connectivity index (χ1) is 13.0. The molecular formula is C18H25KN6O3. The van der Waals surface area contributed by atoms with Crippen LogP contribution in [0.1, 0.15) is 12.0 Å². The van der Waals surface area contributed by atoms with Crippen LogP contribution in [0.15, 0.2) is 36.4 Å². The third-order valence-corrected chi connectivity index (χ3v) is 3.87. The molecule has 28 heavy (non-hydrogen) atoms. The fraction of sp³-hybridized carbons (Fsp3) is 0.333. The second-order valence-corrected chi connectivity index (χ2v) is 5.90. The van der Waals surface area contributed by atoms with Gasteiger partial charge in [0.2, 0.25) is 0 Å². The molecule has 9 nitrogen and oxygen atoms in total. The van der Waals surface area contributed by atoms with E-state index in [0.717, 1.165) is 12.0 Å². The van der Waals surface area contributed by atoms with Gasteiger partial charge in [-0.1, -0.05) is 6.07 Å². The molecule has 0 aliphatic rings. The van der Waals surface area contributed by atoms with Gasteiger partial charge in [0.15, 0.2) is 0 Å². The van der Waals surface area contributed by atoms with Crippen molar-refractivity contribution in [3.63, 3.8) is 0 Å². The van der Waals surface area contributed by atoms with Crippen molar-refractivity contribution in [2.24, 2.45) is 5.73 Å². The number of hydrogen-bond donors (Lipinski definition) is 4. The summed E-state index contributed by atoms with van der Waals surface area (Å²) in [5, 5.41) is 18.4. The summed E-state index contributed by atoms with van der Waals surface area (Å²) in [5.74, 6) is 0.710. The molecule has 0 saturated carbocycles. The topological polar surface area (TPSA) is 157 Å². The summed E-state index contributed by atoms with van der Waals surface area (Å²) in [6, 6.07) is 10.0. The van der Waals surface area contributed by atoms with E-state index in [4.69, 9.17) is 21.9 Å². The quantitative estimate of drug-likeness (QED) is 0.127. The van der Waals surface area contributed by atoms with Crippen molar-refractivity contribution in [3.05, 3.63) is 57.4 Å². The Balaban J connectivity index is 0.00000392. The molecule has 0 spiro atoms. The van der Waals surface area contributed by atoms with Crippen LogP contribution in [0.2, 0.25) is 0 Å². The van der Waals surface area contributed by atoms with E-state index in [0.29, 0.717) is 55.6 Å². The molecule has 7 N–H and O–H groups in total. The smallest absolute Gasteiger partial charge is 0.661 e. The largest absolute Gasteiger partial charge is 1.00 e. The van der Waals surface area contributed by atoms with Crippen LogP contribution >= 0.6 is 0 Å². The van der Waals surface area contributed by atoms with Crippen molar-refractivity contribution < 1.29 is 61.0 Å². The maximum absolute atomic E-state index is 11.0. The van der Waals surface area contributed by atoms with E-state index in [2.05, 4.69) is 10.6 Å². The van der Waals surface area contributed by atoms with E-state index in [9.17, 15) is 10.1 Å². The van der Waals surface area contributed by atoms with Crippen LogP contribution in [-0.2, 0) is 6.54 Å². The summed E-state index contributed by atoms with van der Waals surface area (Å²) < 4.78 is 5.63. The Morgan fingerprint density at radius 1 is 1.14 bits per heavy atom. The third kappa shape index (κ3) is 7.91. The molecule has 2 aromatic rings. The van der Waals surface area contributed by atoms with Crippen LogP contribution in [0.3, 0.4) is 0 Å². The van der Waals surface area contributed by atoms with Crippen LogP contribution in [0.25, 0.3) is 5.32 Å². The Labute approximate surface area is 206 Å². The number of nitrogens with two attached hydrogens (primary N) is 3. The first kappa shape index (κ1) is 24.6. The van der Waals surface area contributed by atoms with Gasteiger partial charge in [-0.05, 0) is 36.7 Å². The zero-order chi connectivity index (χ0) is 19.6. The molecule has 2 aromatic carbocycles. The van der Waals surface area contributed by atoms with Crippen LogP contribution in [0.4, 0.5) is 22.7 Å². The van der Waals surface area contributed by atoms with Crippen molar-refractivity contribution in [1.29, 1.82) is 0 Å². The first-order valence-electron chi connectivity index (χ1n) is 8.63. The molecule has 0 amide bonds. The molecule has 0 aliphatic heterocycles. The molecule has 0 aromatic heterocycles. The summed E-state index contributed by atoms with van der Waals surface area (Å²) in [6.07, 6.45) is 0.764. The number of nitrogen functional groups attached to an aromatic ring is 2. The van der Waals surface area contributed by atoms with Gasteiger partial charge in [-0.2, -0.15) is 0 Å². The molecule has 0 saturated heterocycles. The fourth-order valence-corrected chi connectivity index (χ4v) is 2.45. The third-order valence-electron chi connectivity index (χ3n) is 3.87. The molecule has 146 valence electrons. The summed E-state index contributed by atoms with van der Waals surface area (Å²) in [5.41, 5.74) is 19.3. The Morgan fingerprint density at radius 2 is 1.93 bits per heavy atom. The van der Waals surface area contributed by atoms with Crippen LogP contribution in [0, 0.1) is 10.1 Å². The molecule has 0 radical (unpaired) electrons. The van der Waals surface area contributed by atoms with Gasteiger partial charge in [-0.3, -0.25) is 10.1 Å². The Hall–Kier alpha value is -1.40. The number of rotatable bonds is 11. The number of benzene rings is 2. The van der Waals surface area contributed by atoms with Gasteiger partial charge in [0.25, 0.3) is 5.69 Å². The van der Waals surface area contributed by atoms with Gasteiger partial charge in [-0.15, -0.1) is 13.1 Å². The van der Waals surface area contributed by atoms with Crippen molar-refractivity contribution in [2.75, 3.05) is 43.0 Å². The van der Waals surface area contributed by atoms with Gasteiger partial charge in [-0.25, -0.2) is 0 Å². The van der Waals surface area contributed by atoms with Gasteiger partial charge in [0.1, 0.15) is 11.4 Å². The van der Waals surface area contributed by atoms with Gasteiger partial charge in [0.05, 0.1) is 11.5 Å². The van der Waals surface area contributed by atoms with Crippen molar-refractivity contribution in [3.8, 4) is 5.75 Å². The number of hydrogen-bond acceptors (Lipinski definition) is 7. The number of nitrogens with one attached hydrogen (secondary N) is 1. The standard InChI is InChI=1S/C18H25N6O3.K/c19-12-13-2-4-15(11-16(13)21)27-9-1-6-22-7-8-23-17-5-3-14(20)10-18(17)24(25)26;/h2-5,10-11,23H,1,6-9,12,19-21H2;/q-1;+1. The van der Waals surface area contributed by atoms with E-state index < -0.39 is 4.92 Å². The predicted molar refractivity (Wildman–Crippen MR) is 108 cm³/mol. The molecule has 0 heterocycles. The van der Waals surface area contributed by atoms with Crippen molar-refractivity contribution in [2.45, 2.75) is 13.0 Å². The van der Waals surface area contributed by atoms with E-state index >= 15 is 0 Å². The van der Waals surface area contributed by atoms with E-state index in [-0.39, 0.29) is 57.1 Å². The summed E-state index contributed by atoms with van der Waals surface area (Å²) in [6.45, 7) is 2.62. The maximum atomic E-state index is 11.0. The van der Waals surface area contributed by atoms with E-state index in [1.165, 1.54) is 6.07 Å². The van der Waals surface area contributed by atoms with Gasteiger partial charge < -0.3 is 32.6 Å². The van der Waals surface area contributed by atoms with Crippen LogP contribution in [-0.4, -0.2) is 31.2 Å². The van der Waals surface area contributed by atoms with E-state index in [1.54, 1.807) is 18.2 Å². The second kappa shape index (κ2) is 12.9. The van der Waals surface area contributed by atoms with Gasteiger partial charge in [0, 0.05) is 30.1 Å².